The fourth-order valence-electron chi connectivity index (χ4n) is 1.48. The average molecular weight is 280 g/mol. The van der Waals surface area contributed by atoms with Crippen molar-refractivity contribution in [2.45, 2.75) is 37.5 Å². The molecule has 0 radical (unpaired) electrons. The molecule has 0 aromatic carbocycles. The maximum atomic E-state index is 12.0. The van der Waals surface area contributed by atoms with Gasteiger partial charge in [0.1, 0.15) is 0 Å². The molecule has 1 saturated heterocycles. The smallest absolute Gasteiger partial charge is 0.235 e. The highest BCUT2D eigenvalue weighted by atomic mass is 79.9. The second-order valence-electron chi connectivity index (χ2n) is 3.81. The van der Waals surface area contributed by atoms with Gasteiger partial charge in [0.2, 0.25) is 5.91 Å². The van der Waals surface area contributed by atoms with Crippen LogP contribution in [0.1, 0.15) is 26.2 Å². The van der Waals surface area contributed by atoms with Crippen LogP contribution in [0.25, 0.3) is 0 Å². The molecule has 2 unspecified atom stereocenters. The highest BCUT2D eigenvalue weighted by Gasteiger charge is 2.26. The van der Waals surface area contributed by atoms with Crippen LogP contribution in [0.3, 0.4) is 0 Å². The Hall–Kier alpha value is 0.300. The van der Waals surface area contributed by atoms with E-state index in [4.69, 9.17) is 0 Å². The van der Waals surface area contributed by atoms with Crippen molar-refractivity contribution in [1.29, 1.82) is 0 Å². The van der Waals surface area contributed by atoms with Gasteiger partial charge < -0.3 is 4.90 Å². The number of carbonyl (C=O) groups excluding carboxylic acids is 1. The van der Waals surface area contributed by atoms with Crippen LogP contribution in [0, 0.1) is 0 Å². The van der Waals surface area contributed by atoms with Gasteiger partial charge in [-0.05, 0) is 25.5 Å². The number of alkyl halides is 1. The summed E-state index contributed by atoms with van der Waals surface area (Å²) in [6, 6.07) is 0.296. The van der Waals surface area contributed by atoms with Gasteiger partial charge in [-0.25, -0.2) is 0 Å². The van der Waals surface area contributed by atoms with Gasteiger partial charge in [0.05, 0.1) is 5.25 Å². The Morgan fingerprint density at radius 1 is 1.64 bits per heavy atom. The summed E-state index contributed by atoms with van der Waals surface area (Å²) in [7, 11) is 1.91. The third-order valence-electron chi connectivity index (χ3n) is 2.69. The Morgan fingerprint density at radius 2 is 2.36 bits per heavy atom. The minimum Gasteiger partial charge on any atom is -0.341 e. The van der Waals surface area contributed by atoms with Gasteiger partial charge in [0, 0.05) is 18.4 Å². The average Bonchev–Trinajstić information content (AvgIpc) is 2.27. The van der Waals surface area contributed by atoms with E-state index < -0.39 is 0 Å². The predicted molar refractivity (Wildman–Crippen MR) is 66.1 cm³/mol. The Labute approximate surface area is 98.9 Å². The van der Waals surface area contributed by atoms with Crippen LogP contribution in [0.2, 0.25) is 0 Å². The van der Waals surface area contributed by atoms with Crippen molar-refractivity contribution >= 4 is 33.6 Å². The molecular weight excluding hydrogens is 262 g/mol. The number of hydrogen-bond donors (Lipinski definition) is 0. The molecule has 4 heteroatoms. The standard InChI is InChI=1S/C10H18BrNOS/c1-8(7-11)12(2)10(13)9-5-3-4-6-14-9/h8-9H,3-7H2,1-2H3. The fourth-order valence-corrected chi connectivity index (χ4v) is 3.22. The molecule has 0 N–H and O–H groups in total. The topological polar surface area (TPSA) is 20.3 Å². The number of amides is 1. The lowest BCUT2D eigenvalue weighted by molar-refractivity contribution is -0.130. The molecule has 0 spiro atoms. The zero-order chi connectivity index (χ0) is 10.6. The molecule has 1 aliphatic rings. The summed E-state index contributed by atoms with van der Waals surface area (Å²) in [6.45, 7) is 2.07. The highest BCUT2D eigenvalue weighted by molar-refractivity contribution is 9.09. The van der Waals surface area contributed by atoms with Crippen molar-refractivity contribution in [2.75, 3.05) is 18.1 Å². The molecular formula is C10H18BrNOS. The van der Waals surface area contributed by atoms with Crippen LogP contribution >= 0.6 is 27.7 Å². The summed E-state index contributed by atoms with van der Waals surface area (Å²) in [5.74, 6) is 1.45. The SMILES string of the molecule is CC(CBr)N(C)C(=O)C1CCCCS1. The van der Waals surface area contributed by atoms with Crippen molar-refractivity contribution in [2.24, 2.45) is 0 Å². The minimum absolute atomic E-state index is 0.218. The molecule has 0 aromatic rings. The first-order chi connectivity index (χ1) is 6.66. The lowest BCUT2D eigenvalue weighted by Gasteiger charge is -2.29. The van der Waals surface area contributed by atoms with Gasteiger partial charge in [-0.2, -0.15) is 0 Å². The van der Waals surface area contributed by atoms with Gasteiger partial charge in [-0.3, -0.25) is 4.79 Å². The van der Waals surface area contributed by atoms with E-state index in [0.29, 0.717) is 11.9 Å². The largest absolute Gasteiger partial charge is 0.341 e. The van der Waals surface area contributed by atoms with Crippen molar-refractivity contribution in [3.63, 3.8) is 0 Å². The number of thioether (sulfide) groups is 1. The maximum absolute atomic E-state index is 12.0. The summed E-state index contributed by atoms with van der Waals surface area (Å²) < 4.78 is 0. The summed E-state index contributed by atoms with van der Waals surface area (Å²) >= 11 is 5.23. The molecule has 1 amide bonds. The lowest BCUT2D eigenvalue weighted by Crippen LogP contribution is -2.42. The van der Waals surface area contributed by atoms with Gasteiger partial charge in [-0.1, -0.05) is 22.4 Å². The Bertz CT molecular complexity index is 191. The van der Waals surface area contributed by atoms with Crippen LogP contribution in [0.5, 0.6) is 0 Å². The van der Waals surface area contributed by atoms with Crippen LogP contribution in [0.4, 0.5) is 0 Å². The molecule has 0 saturated carbocycles. The summed E-state index contributed by atoms with van der Waals surface area (Å²) in [5.41, 5.74) is 0. The second kappa shape index (κ2) is 6.01. The number of rotatable bonds is 3. The Kier molecular flexibility index (Phi) is 5.31. The monoisotopic (exact) mass is 279 g/mol. The molecule has 14 heavy (non-hydrogen) atoms. The van der Waals surface area contributed by atoms with E-state index in [1.54, 1.807) is 0 Å². The van der Waals surface area contributed by atoms with Crippen LogP contribution in [0.15, 0.2) is 0 Å². The first-order valence-corrected chi connectivity index (χ1v) is 7.28. The Balaban J connectivity index is 2.46. The molecule has 2 nitrogen and oxygen atoms in total. The molecule has 2 atom stereocenters. The van der Waals surface area contributed by atoms with E-state index in [1.807, 2.05) is 23.7 Å². The molecule has 1 fully saturated rings. The van der Waals surface area contributed by atoms with Gasteiger partial charge in [0.25, 0.3) is 0 Å². The predicted octanol–water partition coefficient (Wildman–Crippen LogP) is 2.51. The van der Waals surface area contributed by atoms with Gasteiger partial charge in [0.15, 0.2) is 0 Å². The number of hydrogen-bond acceptors (Lipinski definition) is 2. The number of halogens is 1. The first kappa shape index (κ1) is 12.4. The molecule has 0 aliphatic carbocycles. The summed E-state index contributed by atoms with van der Waals surface area (Å²) in [5, 5.41) is 1.07. The molecule has 0 bridgehead atoms. The molecule has 1 rings (SSSR count). The van der Waals surface area contributed by atoms with Crippen LogP contribution in [-0.4, -0.2) is 40.2 Å². The minimum atomic E-state index is 0.218. The van der Waals surface area contributed by atoms with E-state index in [1.165, 1.54) is 12.8 Å². The summed E-state index contributed by atoms with van der Waals surface area (Å²) in [6.07, 6.45) is 3.54. The normalized spacial score (nSPS) is 24.4. The third kappa shape index (κ3) is 3.16. The third-order valence-corrected chi connectivity index (χ3v) is 4.99. The molecule has 82 valence electrons. The van der Waals surface area contributed by atoms with Gasteiger partial charge >= 0.3 is 0 Å². The molecule has 0 aromatic heterocycles. The van der Waals surface area contributed by atoms with Crippen LogP contribution < -0.4 is 0 Å². The maximum Gasteiger partial charge on any atom is 0.235 e. The lowest BCUT2D eigenvalue weighted by atomic mass is 10.1. The van der Waals surface area contributed by atoms with Crippen molar-refractivity contribution in [1.82, 2.24) is 4.90 Å². The van der Waals surface area contributed by atoms with E-state index in [-0.39, 0.29) is 5.25 Å². The first-order valence-electron chi connectivity index (χ1n) is 5.11. The van der Waals surface area contributed by atoms with Gasteiger partial charge in [-0.15, -0.1) is 11.8 Å². The van der Waals surface area contributed by atoms with E-state index in [2.05, 4.69) is 22.9 Å². The zero-order valence-electron chi connectivity index (χ0n) is 8.83. The number of nitrogens with zero attached hydrogens (tertiary/aromatic N) is 1. The van der Waals surface area contributed by atoms with Crippen LogP contribution in [-0.2, 0) is 4.79 Å². The summed E-state index contributed by atoms with van der Waals surface area (Å²) in [4.78, 5) is 13.9. The van der Waals surface area contributed by atoms with Crippen molar-refractivity contribution < 1.29 is 4.79 Å². The molecule has 1 heterocycles. The number of carbonyl (C=O) groups is 1. The highest BCUT2D eigenvalue weighted by Crippen LogP contribution is 2.26. The van der Waals surface area contributed by atoms with E-state index in [9.17, 15) is 4.79 Å². The Morgan fingerprint density at radius 3 is 2.86 bits per heavy atom. The zero-order valence-corrected chi connectivity index (χ0v) is 11.2. The fraction of sp³-hybridized carbons (Fsp3) is 0.900. The van der Waals surface area contributed by atoms with Crippen molar-refractivity contribution in [3.8, 4) is 0 Å². The quantitative estimate of drug-likeness (QED) is 0.740. The van der Waals surface area contributed by atoms with E-state index in [0.717, 1.165) is 17.5 Å². The molecule has 1 aliphatic heterocycles. The second-order valence-corrected chi connectivity index (χ2v) is 5.77. The van der Waals surface area contributed by atoms with E-state index >= 15 is 0 Å². The van der Waals surface area contributed by atoms with Crippen molar-refractivity contribution in [3.05, 3.63) is 0 Å².